The van der Waals surface area contributed by atoms with Crippen LogP contribution >= 0.6 is 0 Å². The number of hydrogen-bond donors (Lipinski definition) is 1. The molecule has 0 bridgehead atoms. The third kappa shape index (κ3) is 3.21. The van der Waals surface area contributed by atoms with E-state index >= 15 is 0 Å². The Bertz CT molecular complexity index is 739. The number of ether oxygens (including phenoxy) is 1. The van der Waals surface area contributed by atoms with Gasteiger partial charge in [-0.1, -0.05) is 66.2 Å². The van der Waals surface area contributed by atoms with Crippen molar-refractivity contribution in [2.45, 2.75) is 6.92 Å². The van der Waals surface area contributed by atoms with Gasteiger partial charge in [-0.25, -0.2) is 0 Å². The van der Waals surface area contributed by atoms with Gasteiger partial charge in [-0.15, -0.1) is 0 Å². The van der Waals surface area contributed by atoms with Crippen LogP contribution in [0.2, 0.25) is 0 Å². The summed E-state index contributed by atoms with van der Waals surface area (Å²) in [6.45, 7) is 1.32. The van der Waals surface area contributed by atoms with Crippen LogP contribution in [-0.2, 0) is 0 Å². The van der Waals surface area contributed by atoms with Crippen LogP contribution in [0.15, 0.2) is 78.9 Å². The van der Waals surface area contributed by atoms with Gasteiger partial charge in [0.1, 0.15) is 11.5 Å². The number of hydrogen-bond acceptors (Lipinski definition) is 2. The Kier molecular flexibility index (Phi) is 4.26. The van der Waals surface area contributed by atoms with Crippen molar-refractivity contribution < 1.29 is 9.76 Å². The van der Waals surface area contributed by atoms with E-state index in [0.717, 1.165) is 16.7 Å². The van der Waals surface area contributed by atoms with Gasteiger partial charge >= 0.3 is 6.92 Å². The van der Waals surface area contributed by atoms with Crippen molar-refractivity contribution in [2.24, 2.45) is 0 Å². The predicted molar refractivity (Wildman–Crippen MR) is 91.4 cm³/mol. The molecule has 0 unspecified atom stereocenters. The first kappa shape index (κ1) is 14.4. The molecule has 0 aliphatic heterocycles. The van der Waals surface area contributed by atoms with Gasteiger partial charge in [-0.05, 0) is 36.0 Å². The number of para-hydroxylation sites is 2. The van der Waals surface area contributed by atoms with E-state index in [2.05, 4.69) is 0 Å². The maximum atomic E-state index is 10.7. The quantitative estimate of drug-likeness (QED) is 0.748. The van der Waals surface area contributed by atoms with E-state index in [4.69, 9.17) is 4.74 Å². The van der Waals surface area contributed by atoms with E-state index in [1.165, 1.54) is 5.56 Å². The van der Waals surface area contributed by atoms with Gasteiger partial charge in [0.05, 0.1) is 0 Å². The highest BCUT2D eigenvalue weighted by Crippen LogP contribution is 2.19. The first-order valence-corrected chi connectivity index (χ1v) is 7.30. The molecular formula is C19H17BO2. The number of benzene rings is 3. The Morgan fingerprint density at radius 1 is 0.773 bits per heavy atom. The molecule has 1 N–H and O–H groups in total. The standard InChI is InChI=1S/C19H17BO2/c1-15-11-13-16(14-12-15)20(21)18-9-5-6-10-19(18)22-17-7-3-2-4-8-17/h2-14,21H,1H3. The molecule has 0 heterocycles. The van der Waals surface area contributed by atoms with Gasteiger partial charge < -0.3 is 9.76 Å². The van der Waals surface area contributed by atoms with E-state index < -0.39 is 6.92 Å². The van der Waals surface area contributed by atoms with Crippen molar-refractivity contribution in [2.75, 3.05) is 0 Å². The summed E-state index contributed by atoms with van der Waals surface area (Å²) in [6.07, 6.45) is 0. The fraction of sp³-hybridized carbons (Fsp3) is 0.0526. The summed E-state index contributed by atoms with van der Waals surface area (Å²) in [5.74, 6) is 1.42. The lowest BCUT2D eigenvalue weighted by atomic mass is 9.55. The van der Waals surface area contributed by atoms with Crippen LogP contribution in [0.5, 0.6) is 11.5 Å². The molecule has 3 aromatic rings. The SMILES string of the molecule is Cc1ccc(B(O)c2ccccc2Oc2ccccc2)cc1. The van der Waals surface area contributed by atoms with Crippen molar-refractivity contribution in [3.05, 3.63) is 84.4 Å². The molecule has 0 aliphatic rings. The topological polar surface area (TPSA) is 29.5 Å². The summed E-state index contributed by atoms with van der Waals surface area (Å²) in [5.41, 5.74) is 2.79. The number of aryl methyl sites for hydroxylation is 1. The molecule has 3 rings (SSSR count). The number of rotatable bonds is 4. The average molecular weight is 288 g/mol. The minimum Gasteiger partial charge on any atom is -0.458 e. The summed E-state index contributed by atoms with van der Waals surface area (Å²) in [4.78, 5) is 0. The Hall–Kier alpha value is -2.52. The lowest BCUT2D eigenvalue weighted by Gasteiger charge is -2.14. The fourth-order valence-corrected chi connectivity index (χ4v) is 2.34. The fourth-order valence-electron chi connectivity index (χ4n) is 2.34. The van der Waals surface area contributed by atoms with Crippen molar-refractivity contribution in [1.29, 1.82) is 0 Å². The van der Waals surface area contributed by atoms with Crippen LogP contribution in [0.4, 0.5) is 0 Å². The van der Waals surface area contributed by atoms with E-state index in [9.17, 15) is 5.02 Å². The summed E-state index contributed by atoms with van der Waals surface area (Å²) in [7, 11) is 0. The molecule has 0 fully saturated rings. The van der Waals surface area contributed by atoms with Crippen LogP contribution in [0, 0.1) is 6.92 Å². The minimum atomic E-state index is -0.708. The summed E-state index contributed by atoms with van der Waals surface area (Å²) >= 11 is 0. The maximum Gasteiger partial charge on any atom is 0.362 e. The Labute approximate surface area is 131 Å². The lowest BCUT2D eigenvalue weighted by Crippen LogP contribution is -2.42. The minimum absolute atomic E-state index is 0.668. The highest BCUT2D eigenvalue weighted by atomic mass is 16.5. The molecule has 0 aliphatic carbocycles. The highest BCUT2D eigenvalue weighted by Gasteiger charge is 2.21. The monoisotopic (exact) mass is 288 g/mol. The normalized spacial score (nSPS) is 10.3. The van der Waals surface area contributed by atoms with E-state index in [1.54, 1.807) is 0 Å². The van der Waals surface area contributed by atoms with Crippen LogP contribution in [-0.4, -0.2) is 11.9 Å². The van der Waals surface area contributed by atoms with E-state index in [1.807, 2.05) is 85.8 Å². The third-order valence-electron chi connectivity index (χ3n) is 3.58. The second kappa shape index (κ2) is 6.50. The summed E-state index contributed by atoms with van der Waals surface area (Å²) in [5, 5.41) is 10.7. The summed E-state index contributed by atoms with van der Waals surface area (Å²) < 4.78 is 5.92. The van der Waals surface area contributed by atoms with Crippen molar-refractivity contribution in [3.63, 3.8) is 0 Å². The molecule has 0 radical (unpaired) electrons. The molecular weight excluding hydrogens is 271 g/mol. The maximum absolute atomic E-state index is 10.7. The zero-order valence-electron chi connectivity index (χ0n) is 12.4. The first-order valence-electron chi connectivity index (χ1n) is 7.30. The Balaban J connectivity index is 1.92. The Morgan fingerprint density at radius 2 is 1.41 bits per heavy atom. The molecule has 0 saturated carbocycles. The second-order valence-corrected chi connectivity index (χ2v) is 5.27. The highest BCUT2D eigenvalue weighted by molar-refractivity contribution is 6.79. The van der Waals surface area contributed by atoms with Crippen molar-refractivity contribution in [1.82, 2.24) is 0 Å². The average Bonchev–Trinajstić information content (AvgIpc) is 2.56. The molecule has 0 spiro atoms. The first-order chi connectivity index (χ1) is 10.7. The molecule has 108 valence electrons. The molecule has 0 amide bonds. The molecule has 3 aromatic carbocycles. The molecule has 2 nitrogen and oxygen atoms in total. The van der Waals surface area contributed by atoms with Gasteiger partial charge in [0.25, 0.3) is 0 Å². The zero-order chi connectivity index (χ0) is 15.4. The van der Waals surface area contributed by atoms with Crippen LogP contribution < -0.4 is 15.7 Å². The molecule has 0 saturated heterocycles. The molecule has 0 atom stereocenters. The van der Waals surface area contributed by atoms with Gasteiger partial charge in [-0.3, -0.25) is 0 Å². The molecule has 3 heteroatoms. The van der Waals surface area contributed by atoms with Gasteiger partial charge in [0.15, 0.2) is 0 Å². The van der Waals surface area contributed by atoms with Gasteiger partial charge in [0.2, 0.25) is 0 Å². The Morgan fingerprint density at radius 3 is 2.14 bits per heavy atom. The second-order valence-electron chi connectivity index (χ2n) is 5.27. The van der Waals surface area contributed by atoms with Crippen molar-refractivity contribution >= 4 is 17.8 Å². The van der Waals surface area contributed by atoms with Gasteiger partial charge in [0, 0.05) is 0 Å². The van der Waals surface area contributed by atoms with Crippen molar-refractivity contribution in [3.8, 4) is 11.5 Å². The van der Waals surface area contributed by atoms with Crippen LogP contribution in [0.3, 0.4) is 0 Å². The molecule has 22 heavy (non-hydrogen) atoms. The smallest absolute Gasteiger partial charge is 0.362 e. The van der Waals surface area contributed by atoms with Crippen LogP contribution in [0.1, 0.15) is 5.56 Å². The zero-order valence-corrected chi connectivity index (χ0v) is 12.4. The lowest BCUT2D eigenvalue weighted by molar-refractivity contribution is 0.484. The van der Waals surface area contributed by atoms with Gasteiger partial charge in [-0.2, -0.15) is 0 Å². The third-order valence-corrected chi connectivity index (χ3v) is 3.58. The predicted octanol–water partition coefficient (Wildman–Crippen LogP) is 2.89. The van der Waals surface area contributed by atoms with Crippen LogP contribution in [0.25, 0.3) is 0 Å². The van der Waals surface area contributed by atoms with E-state index in [0.29, 0.717) is 5.75 Å². The largest absolute Gasteiger partial charge is 0.458 e. The summed E-state index contributed by atoms with van der Waals surface area (Å²) in [6, 6.07) is 25.1. The van der Waals surface area contributed by atoms with E-state index in [-0.39, 0.29) is 0 Å². The molecule has 0 aromatic heterocycles.